The highest BCUT2D eigenvalue weighted by molar-refractivity contribution is 5.85. The van der Waals surface area contributed by atoms with Crippen LogP contribution in [0.1, 0.15) is 40.8 Å². The smallest absolute Gasteiger partial charge is 0.328 e. The van der Waals surface area contributed by atoms with E-state index in [9.17, 15) is 9.18 Å². The fourth-order valence-corrected chi connectivity index (χ4v) is 4.56. The number of nitrogens with zero attached hydrogens (tertiary/aromatic N) is 1. The van der Waals surface area contributed by atoms with Gasteiger partial charge < -0.3 is 14.7 Å². The second-order valence-electron chi connectivity index (χ2n) is 8.20. The highest BCUT2D eigenvalue weighted by atomic mass is 19.1. The molecular formula is C27H26FNO3. The number of carboxylic acids is 1. The van der Waals surface area contributed by atoms with Gasteiger partial charge in [-0.05, 0) is 84.5 Å². The SMILES string of the molecule is COc1ccc2c(c1)CC(C)N(c1ccc(F)cc1C)C2c1ccc(C=CC(=O)O)cc1. The number of rotatable bonds is 5. The number of methoxy groups -OCH3 is 1. The summed E-state index contributed by atoms with van der Waals surface area (Å²) < 4.78 is 19.3. The first kappa shape index (κ1) is 21.6. The largest absolute Gasteiger partial charge is 0.497 e. The van der Waals surface area contributed by atoms with Gasteiger partial charge in [0.15, 0.2) is 0 Å². The number of hydrogen-bond donors (Lipinski definition) is 1. The fraction of sp³-hybridized carbons (Fsp3) is 0.222. The van der Waals surface area contributed by atoms with Gasteiger partial charge in [-0.2, -0.15) is 0 Å². The molecular weight excluding hydrogens is 405 g/mol. The third kappa shape index (κ3) is 4.24. The molecule has 4 nitrogen and oxygen atoms in total. The summed E-state index contributed by atoms with van der Waals surface area (Å²) in [5.41, 5.74) is 6.20. The number of carbonyl (C=O) groups is 1. The van der Waals surface area contributed by atoms with Crippen LogP contribution < -0.4 is 9.64 Å². The van der Waals surface area contributed by atoms with Crippen LogP contribution in [0.3, 0.4) is 0 Å². The molecule has 3 aromatic carbocycles. The predicted octanol–water partition coefficient (Wildman–Crippen LogP) is 5.78. The van der Waals surface area contributed by atoms with E-state index in [1.54, 1.807) is 19.3 Å². The number of hydrogen-bond acceptors (Lipinski definition) is 3. The Balaban J connectivity index is 1.84. The lowest BCUT2D eigenvalue weighted by Crippen LogP contribution is -2.43. The molecule has 0 aliphatic carbocycles. The summed E-state index contributed by atoms with van der Waals surface area (Å²) in [5, 5.41) is 8.89. The van der Waals surface area contributed by atoms with Gasteiger partial charge in [0.05, 0.1) is 13.2 Å². The van der Waals surface area contributed by atoms with Crippen LogP contribution in [0.4, 0.5) is 10.1 Å². The summed E-state index contributed by atoms with van der Waals surface area (Å²) in [6, 6.07) is 19.1. The third-order valence-electron chi connectivity index (χ3n) is 6.02. The van der Waals surface area contributed by atoms with Crippen molar-refractivity contribution in [1.82, 2.24) is 0 Å². The van der Waals surface area contributed by atoms with Crippen LogP contribution in [0.2, 0.25) is 0 Å². The average Bonchev–Trinajstić information content (AvgIpc) is 2.77. The van der Waals surface area contributed by atoms with E-state index in [-0.39, 0.29) is 17.9 Å². The summed E-state index contributed by atoms with van der Waals surface area (Å²) in [7, 11) is 1.67. The van der Waals surface area contributed by atoms with Crippen molar-refractivity contribution in [2.24, 2.45) is 0 Å². The Labute approximate surface area is 187 Å². The zero-order valence-electron chi connectivity index (χ0n) is 18.4. The number of fused-ring (bicyclic) bond motifs is 1. The molecule has 1 N–H and O–H groups in total. The zero-order chi connectivity index (χ0) is 22.8. The number of ether oxygens (including phenoxy) is 1. The van der Waals surface area contributed by atoms with Gasteiger partial charge in [0.1, 0.15) is 11.6 Å². The van der Waals surface area contributed by atoms with E-state index in [0.29, 0.717) is 0 Å². The summed E-state index contributed by atoms with van der Waals surface area (Å²) in [5.74, 6) is -0.390. The average molecular weight is 432 g/mol. The molecule has 0 saturated heterocycles. The minimum Gasteiger partial charge on any atom is -0.497 e. The lowest BCUT2D eigenvalue weighted by Gasteiger charge is -2.44. The molecule has 32 heavy (non-hydrogen) atoms. The number of anilines is 1. The quantitative estimate of drug-likeness (QED) is 0.520. The number of aryl methyl sites for hydroxylation is 1. The van der Waals surface area contributed by atoms with E-state index in [1.165, 1.54) is 17.2 Å². The van der Waals surface area contributed by atoms with Gasteiger partial charge in [-0.1, -0.05) is 30.3 Å². The van der Waals surface area contributed by atoms with Crippen molar-refractivity contribution in [3.63, 3.8) is 0 Å². The van der Waals surface area contributed by atoms with Gasteiger partial charge in [0.2, 0.25) is 0 Å². The van der Waals surface area contributed by atoms with Gasteiger partial charge in [-0.3, -0.25) is 0 Å². The lowest BCUT2D eigenvalue weighted by atomic mass is 9.84. The van der Waals surface area contributed by atoms with Gasteiger partial charge >= 0.3 is 5.97 Å². The maximum absolute atomic E-state index is 13.8. The summed E-state index contributed by atoms with van der Waals surface area (Å²) in [6.07, 6.45) is 3.56. The molecule has 4 rings (SSSR count). The molecule has 0 saturated carbocycles. The molecule has 2 atom stereocenters. The highest BCUT2D eigenvalue weighted by Crippen LogP contribution is 2.43. The van der Waals surface area contributed by atoms with E-state index < -0.39 is 5.97 Å². The first-order valence-electron chi connectivity index (χ1n) is 10.6. The lowest BCUT2D eigenvalue weighted by molar-refractivity contribution is -0.131. The van der Waals surface area contributed by atoms with Crippen molar-refractivity contribution >= 4 is 17.7 Å². The maximum atomic E-state index is 13.8. The Hall–Kier alpha value is -3.60. The molecule has 164 valence electrons. The molecule has 5 heteroatoms. The Morgan fingerprint density at radius 2 is 1.88 bits per heavy atom. The highest BCUT2D eigenvalue weighted by Gasteiger charge is 2.34. The molecule has 0 aromatic heterocycles. The normalized spacial score (nSPS) is 17.9. The van der Waals surface area contributed by atoms with E-state index in [2.05, 4.69) is 24.0 Å². The van der Waals surface area contributed by atoms with E-state index in [1.807, 2.05) is 43.3 Å². The first-order chi connectivity index (χ1) is 15.4. The molecule has 1 heterocycles. The van der Waals surface area contributed by atoms with Crippen LogP contribution in [0.25, 0.3) is 6.08 Å². The molecule has 0 spiro atoms. The molecule has 0 radical (unpaired) electrons. The maximum Gasteiger partial charge on any atom is 0.328 e. The number of halogens is 1. The van der Waals surface area contributed by atoms with Crippen molar-refractivity contribution in [3.8, 4) is 5.75 Å². The van der Waals surface area contributed by atoms with Crippen molar-refractivity contribution in [1.29, 1.82) is 0 Å². The van der Waals surface area contributed by atoms with Gasteiger partial charge in [-0.15, -0.1) is 0 Å². The van der Waals surface area contributed by atoms with Crippen LogP contribution >= 0.6 is 0 Å². The number of benzene rings is 3. The fourth-order valence-electron chi connectivity index (χ4n) is 4.56. The Morgan fingerprint density at radius 1 is 1.12 bits per heavy atom. The van der Waals surface area contributed by atoms with Gasteiger partial charge in [0.25, 0.3) is 0 Å². The van der Waals surface area contributed by atoms with Crippen molar-refractivity contribution < 1.29 is 19.0 Å². The standard InChI is InChI=1S/C27H26FNO3/c1-17-14-22(28)9-12-25(17)29-18(2)15-21-16-23(32-3)10-11-24(21)27(29)20-7-4-19(5-8-20)6-13-26(30)31/h4-14,16,18,27H,15H2,1-3H3,(H,30,31). The van der Waals surface area contributed by atoms with E-state index in [0.717, 1.165) is 40.6 Å². The van der Waals surface area contributed by atoms with Crippen molar-refractivity contribution in [3.05, 3.63) is 100 Å². The number of carboxylic acid groups (broad SMARTS) is 1. The van der Waals surface area contributed by atoms with Crippen molar-refractivity contribution in [2.45, 2.75) is 32.4 Å². The molecule has 3 aromatic rings. The van der Waals surface area contributed by atoms with Crippen LogP contribution in [0.5, 0.6) is 5.75 Å². The summed E-state index contributed by atoms with van der Waals surface area (Å²) >= 11 is 0. The molecule has 0 amide bonds. The van der Waals surface area contributed by atoms with E-state index in [4.69, 9.17) is 9.84 Å². The first-order valence-corrected chi connectivity index (χ1v) is 10.6. The van der Waals surface area contributed by atoms with Crippen LogP contribution in [-0.4, -0.2) is 24.2 Å². The zero-order valence-corrected chi connectivity index (χ0v) is 18.4. The Morgan fingerprint density at radius 3 is 2.53 bits per heavy atom. The van der Waals surface area contributed by atoms with Gasteiger partial charge in [0, 0.05) is 17.8 Å². The topological polar surface area (TPSA) is 49.8 Å². The Bertz CT molecular complexity index is 1170. The molecule has 1 aliphatic heterocycles. The van der Waals surface area contributed by atoms with Crippen LogP contribution in [0.15, 0.2) is 66.7 Å². The summed E-state index contributed by atoms with van der Waals surface area (Å²) in [4.78, 5) is 13.2. The minimum absolute atomic E-state index is 0.0682. The monoisotopic (exact) mass is 431 g/mol. The Kier molecular flexibility index (Phi) is 5.99. The molecule has 2 unspecified atom stereocenters. The van der Waals surface area contributed by atoms with E-state index >= 15 is 0 Å². The molecule has 0 fully saturated rings. The molecule has 1 aliphatic rings. The predicted molar refractivity (Wildman–Crippen MR) is 125 cm³/mol. The van der Waals surface area contributed by atoms with Crippen LogP contribution in [0, 0.1) is 12.7 Å². The van der Waals surface area contributed by atoms with Crippen LogP contribution in [-0.2, 0) is 11.2 Å². The number of aliphatic carboxylic acids is 1. The van der Waals surface area contributed by atoms with Crippen molar-refractivity contribution in [2.75, 3.05) is 12.0 Å². The second kappa shape index (κ2) is 8.87. The third-order valence-corrected chi connectivity index (χ3v) is 6.02. The van der Waals surface area contributed by atoms with Gasteiger partial charge in [-0.25, -0.2) is 9.18 Å². The second-order valence-corrected chi connectivity index (χ2v) is 8.20. The summed E-state index contributed by atoms with van der Waals surface area (Å²) in [6.45, 7) is 4.12. The molecule has 0 bridgehead atoms. The minimum atomic E-state index is -0.976.